The summed E-state index contributed by atoms with van der Waals surface area (Å²) >= 11 is 6.90. The molecular formula is C19H23Cl. The molecular weight excluding hydrogens is 264 g/mol. The number of alkyl halides is 1. The van der Waals surface area contributed by atoms with Crippen LogP contribution >= 0.6 is 11.6 Å². The van der Waals surface area contributed by atoms with Gasteiger partial charge in [-0.25, -0.2) is 0 Å². The van der Waals surface area contributed by atoms with E-state index in [0.717, 1.165) is 0 Å². The first-order valence-electron chi connectivity index (χ1n) is 7.41. The fourth-order valence-electron chi connectivity index (χ4n) is 3.87. The summed E-state index contributed by atoms with van der Waals surface area (Å²) in [5.41, 5.74) is 3.23. The summed E-state index contributed by atoms with van der Waals surface area (Å²) < 4.78 is 0. The number of halogens is 1. The molecule has 2 aromatic carbocycles. The Labute approximate surface area is 127 Å². The average Bonchev–Trinajstić information content (AvgIpc) is 2.80. The molecule has 0 aliphatic heterocycles. The molecule has 0 aromatic heterocycles. The summed E-state index contributed by atoms with van der Waals surface area (Å²) in [4.78, 5) is 0. The molecule has 0 spiro atoms. The van der Waals surface area contributed by atoms with Gasteiger partial charge in [0, 0.05) is 0 Å². The van der Waals surface area contributed by atoms with Crippen LogP contribution < -0.4 is 0 Å². The molecule has 0 amide bonds. The highest BCUT2D eigenvalue weighted by atomic mass is 35.5. The molecule has 1 atom stereocenters. The predicted molar refractivity (Wildman–Crippen MR) is 88.3 cm³/mol. The Morgan fingerprint density at radius 1 is 0.900 bits per heavy atom. The van der Waals surface area contributed by atoms with E-state index in [1.54, 1.807) is 0 Å². The van der Waals surface area contributed by atoms with Crippen molar-refractivity contribution in [2.45, 2.75) is 40.0 Å². The van der Waals surface area contributed by atoms with Crippen LogP contribution in [-0.2, 0) is 0 Å². The Bertz CT molecular complexity index is 653. The summed E-state index contributed by atoms with van der Waals surface area (Å²) in [5.74, 6) is 0.530. The van der Waals surface area contributed by atoms with Gasteiger partial charge in [0.05, 0.1) is 5.38 Å². The van der Waals surface area contributed by atoms with Gasteiger partial charge in [-0.2, -0.15) is 0 Å². The zero-order valence-electron chi connectivity index (χ0n) is 13.0. The maximum atomic E-state index is 6.90. The summed E-state index contributed by atoms with van der Waals surface area (Å²) in [7, 11) is 0. The van der Waals surface area contributed by atoms with Crippen LogP contribution in [0.25, 0.3) is 10.8 Å². The molecule has 1 aliphatic carbocycles. The number of benzene rings is 2. The maximum absolute atomic E-state index is 6.90. The van der Waals surface area contributed by atoms with Crippen LogP contribution in [-0.4, -0.2) is 0 Å². The SMILES string of the molecule is Cc1ccc(C(Cl)C2C(C)(C)C2(C)C)c2ccccc12. The molecule has 0 N–H and O–H groups in total. The van der Waals surface area contributed by atoms with Crippen molar-refractivity contribution in [3.63, 3.8) is 0 Å². The Morgan fingerprint density at radius 2 is 1.45 bits per heavy atom. The minimum Gasteiger partial charge on any atom is -0.117 e. The Morgan fingerprint density at radius 3 is 2.00 bits per heavy atom. The molecule has 1 heteroatoms. The second kappa shape index (κ2) is 4.24. The lowest BCUT2D eigenvalue weighted by atomic mass is 9.94. The van der Waals surface area contributed by atoms with E-state index < -0.39 is 0 Å². The zero-order chi connectivity index (χ0) is 14.7. The fourth-order valence-corrected chi connectivity index (χ4v) is 4.69. The third kappa shape index (κ3) is 1.74. The average molecular weight is 287 g/mol. The van der Waals surface area contributed by atoms with Crippen molar-refractivity contribution >= 4 is 22.4 Å². The number of rotatable bonds is 2. The molecule has 0 heterocycles. The molecule has 20 heavy (non-hydrogen) atoms. The number of hydrogen-bond acceptors (Lipinski definition) is 0. The normalized spacial score (nSPS) is 21.9. The fraction of sp³-hybridized carbons (Fsp3) is 0.474. The lowest BCUT2D eigenvalue weighted by molar-refractivity contribution is 0.457. The van der Waals surface area contributed by atoms with Crippen molar-refractivity contribution in [1.82, 2.24) is 0 Å². The van der Waals surface area contributed by atoms with Gasteiger partial charge >= 0.3 is 0 Å². The van der Waals surface area contributed by atoms with Crippen molar-refractivity contribution in [1.29, 1.82) is 0 Å². The lowest BCUT2D eigenvalue weighted by Crippen LogP contribution is -2.01. The van der Waals surface area contributed by atoms with E-state index in [9.17, 15) is 0 Å². The molecule has 2 aromatic rings. The molecule has 3 rings (SSSR count). The second-order valence-corrected chi connectivity index (χ2v) is 7.81. The van der Waals surface area contributed by atoms with E-state index in [1.807, 2.05) is 0 Å². The minimum absolute atomic E-state index is 0.0884. The van der Waals surface area contributed by atoms with E-state index in [2.05, 4.69) is 71.0 Å². The third-order valence-electron chi connectivity index (χ3n) is 5.90. The zero-order valence-corrected chi connectivity index (χ0v) is 13.8. The van der Waals surface area contributed by atoms with Crippen LogP contribution in [0.4, 0.5) is 0 Å². The maximum Gasteiger partial charge on any atom is 0.0630 e. The van der Waals surface area contributed by atoms with Crippen molar-refractivity contribution in [2.24, 2.45) is 16.7 Å². The Kier molecular flexibility index (Phi) is 2.96. The van der Waals surface area contributed by atoms with E-state index >= 15 is 0 Å². The van der Waals surface area contributed by atoms with E-state index in [1.165, 1.54) is 21.9 Å². The van der Waals surface area contributed by atoms with Crippen LogP contribution in [0.1, 0.15) is 44.2 Å². The molecule has 1 saturated carbocycles. The topological polar surface area (TPSA) is 0 Å². The highest BCUT2D eigenvalue weighted by molar-refractivity contribution is 6.22. The quantitative estimate of drug-likeness (QED) is 0.584. The molecule has 0 bridgehead atoms. The van der Waals surface area contributed by atoms with Crippen molar-refractivity contribution < 1.29 is 0 Å². The molecule has 1 fully saturated rings. The van der Waals surface area contributed by atoms with E-state index in [0.29, 0.717) is 16.7 Å². The Hall–Kier alpha value is -1.01. The van der Waals surface area contributed by atoms with Gasteiger partial charge in [0.2, 0.25) is 0 Å². The molecule has 106 valence electrons. The van der Waals surface area contributed by atoms with Gasteiger partial charge in [-0.3, -0.25) is 0 Å². The van der Waals surface area contributed by atoms with Gasteiger partial charge in [0.1, 0.15) is 0 Å². The van der Waals surface area contributed by atoms with Crippen LogP contribution in [0, 0.1) is 23.7 Å². The standard InChI is InChI=1S/C19H23Cl/c1-12-10-11-15(14-9-7-6-8-13(12)14)16(20)17-18(2,3)19(17,4)5/h6-11,16-17H,1-5H3. The predicted octanol–water partition coefficient (Wildman–Crippen LogP) is 6.11. The van der Waals surface area contributed by atoms with Gasteiger partial charge in [-0.15, -0.1) is 11.6 Å². The summed E-state index contributed by atoms with van der Waals surface area (Å²) in [6.45, 7) is 11.5. The van der Waals surface area contributed by atoms with Crippen LogP contribution in [0.15, 0.2) is 36.4 Å². The van der Waals surface area contributed by atoms with Crippen molar-refractivity contribution in [3.05, 3.63) is 47.5 Å². The second-order valence-electron chi connectivity index (χ2n) is 7.34. The van der Waals surface area contributed by atoms with Crippen molar-refractivity contribution in [2.75, 3.05) is 0 Å². The van der Waals surface area contributed by atoms with Gasteiger partial charge in [-0.1, -0.05) is 64.1 Å². The summed E-state index contributed by atoms with van der Waals surface area (Å²) in [6, 6.07) is 13.0. The first kappa shape index (κ1) is 13.9. The van der Waals surface area contributed by atoms with Gasteiger partial charge in [0.25, 0.3) is 0 Å². The summed E-state index contributed by atoms with van der Waals surface area (Å²) in [6.07, 6.45) is 0. The lowest BCUT2D eigenvalue weighted by Gasteiger charge is -2.16. The molecule has 1 aliphatic rings. The van der Waals surface area contributed by atoms with Crippen LogP contribution in [0.3, 0.4) is 0 Å². The number of hydrogen-bond donors (Lipinski definition) is 0. The smallest absolute Gasteiger partial charge is 0.0630 e. The minimum atomic E-state index is 0.0884. The third-order valence-corrected chi connectivity index (χ3v) is 6.39. The van der Waals surface area contributed by atoms with Crippen LogP contribution in [0.5, 0.6) is 0 Å². The van der Waals surface area contributed by atoms with Gasteiger partial charge < -0.3 is 0 Å². The first-order chi connectivity index (χ1) is 9.28. The largest absolute Gasteiger partial charge is 0.117 e. The van der Waals surface area contributed by atoms with E-state index in [4.69, 9.17) is 11.6 Å². The summed E-state index contributed by atoms with van der Waals surface area (Å²) in [5, 5.41) is 2.73. The highest BCUT2D eigenvalue weighted by Gasteiger charge is 2.67. The van der Waals surface area contributed by atoms with E-state index in [-0.39, 0.29) is 5.38 Å². The highest BCUT2D eigenvalue weighted by Crippen LogP contribution is 2.73. The first-order valence-corrected chi connectivity index (χ1v) is 7.84. The molecule has 0 nitrogen and oxygen atoms in total. The van der Waals surface area contributed by atoms with Gasteiger partial charge in [-0.05, 0) is 45.6 Å². The van der Waals surface area contributed by atoms with Crippen LogP contribution in [0.2, 0.25) is 0 Å². The monoisotopic (exact) mass is 286 g/mol. The van der Waals surface area contributed by atoms with Crippen molar-refractivity contribution in [3.8, 4) is 0 Å². The molecule has 0 radical (unpaired) electrons. The number of fused-ring (bicyclic) bond motifs is 1. The van der Waals surface area contributed by atoms with Gasteiger partial charge in [0.15, 0.2) is 0 Å². The Balaban J connectivity index is 2.11. The number of aryl methyl sites for hydroxylation is 1. The molecule has 1 unspecified atom stereocenters. The molecule has 0 saturated heterocycles.